The molecule has 2 N–H and O–H groups in total. The highest BCUT2D eigenvalue weighted by Crippen LogP contribution is 2.24. The normalized spacial score (nSPS) is 23.3. The fraction of sp³-hybridized carbons (Fsp3) is 0.538. The summed E-state index contributed by atoms with van der Waals surface area (Å²) in [6, 6.07) is 5.33. The third kappa shape index (κ3) is 3.99. The molecule has 1 aliphatic carbocycles. The fourth-order valence-corrected chi connectivity index (χ4v) is 2.81. The van der Waals surface area contributed by atoms with Crippen molar-refractivity contribution in [1.82, 2.24) is 5.32 Å². The van der Waals surface area contributed by atoms with Crippen LogP contribution in [0.15, 0.2) is 22.7 Å². The molecule has 2 rings (SSSR count). The molecule has 2 atom stereocenters. The summed E-state index contributed by atoms with van der Waals surface area (Å²) in [7, 11) is 0. The summed E-state index contributed by atoms with van der Waals surface area (Å²) >= 11 is 3.24. The zero-order valence-corrected chi connectivity index (χ0v) is 12.1. The van der Waals surface area contributed by atoms with Gasteiger partial charge in [-0.2, -0.15) is 0 Å². The van der Waals surface area contributed by atoms with Crippen LogP contribution in [0.25, 0.3) is 0 Å². The standard InChI is InChI=1S/C13H17BrN2O3/c14-10-5-4-9(13(6-10)16(18)19)8-15-11-2-1-3-12(17)7-11/h4-6,11-12,15,17H,1-3,7-8H2. The molecule has 0 bridgehead atoms. The van der Waals surface area contributed by atoms with E-state index in [1.807, 2.05) is 0 Å². The maximum Gasteiger partial charge on any atom is 0.275 e. The van der Waals surface area contributed by atoms with Crippen molar-refractivity contribution in [2.24, 2.45) is 0 Å². The van der Waals surface area contributed by atoms with Crippen LogP contribution in [0, 0.1) is 10.1 Å². The van der Waals surface area contributed by atoms with Gasteiger partial charge in [0.2, 0.25) is 0 Å². The smallest absolute Gasteiger partial charge is 0.275 e. The van der Waals surface area contributed by atoms with Crippen molar-refractivity contribution < 1.29 is 10.0 Å². The molecule has 0 aliphatic heterocycles. The second kappa shape index (κ2) is 6.45. The van der Waals surface area contributed by atoms with E-state index in [0.717, 1.165) is 25.7 Å². The Balaban J connectivity index is 2.01. The predicted molar refractivity (Wildman–Crippen MR) is 75.9 cm³/mol. The Morgan fingerprint density at radius 2 is 2.26 bits per heavy atom. The van der Waals surface area contributed by atoms with Gasteiger partial charge in [0.1, 0.15) is 0 Å². The molecule has 0 spiro atoms. The molecule has 19 heavy (non-hydrogen) atoms. The lowest BCUT2D eigenvalue weighted by atomic mass is 9.93. The summed E-state index contributed by atoms with van der Waals surface area (Å²) in [6.07, 6.45) is 3.36. The monoisotopic (exact) mass is 328 g/mol. The first-order valence-corrected chi connectivity index (χ1v) is 7.20. The van der Waals surface area contributed by atoms with Crippen LogP contribution in [0.5, 0.6) is 0 Å². The maximum atomic E-state index is 11.0. The van der Waals surface area contributed by atoms with Gasteiger partial charge in [0, 0.05) is 28.7 Å². The van der Waals surface area contributed by atoms with Crippen molar-refractivity contribution in [2.75, 3.05) is 0 Å². The summed E-state index contributed by atoms with van der Waals surface area (Å²) in [6.45, 7) is 0.459. The number of aliphatic hydroxyl groups is 1. The molecule has 104 valence electrons. The van der Waals surface area contributed by atoms with Gasteiger partial charge in [-0.3, -0.25) is 10.1 Å². The van der Waals surface area contributed by atoms with E-state index in [1.165, 1.54) is 6.07 Å². The minimum absolute atomic E-state index is 0.123. The third-order valence-electron chi connectivity index (χ3n) is 3.47. The molecule has 0 saturated heterocycles. The first-order chi connectivity index (χ1) is 9.06. The fourth-order valence-electron chi connectivity index (χ4n) is 2.46. The molecule has 0 heterocycles. The largest absolute Gasteiger partial charge is 0.393 e. The molecule has 5 nitrogen and oxygen atoms in total. The minimum Gasteiger partial charge on any atom is -0.393 e. The second-order valence-corrected chi connectivity index (χ2v) is 5.84. The van der Waals surface area contributed by atoms with Crippen LogP contribution in [-0.4, -0.2) is 22.2 Å². The third-order valence-corrected chi connectivity index (χ3v) is 3.97. The maximum absolute atomic E-state index is 11.0. The molecule has 0 radical (unpaired) electrons. The van der Waals surface area contributed by atoms with Gasteiger partial charge in [0.25, 0.3) is 5.69 Å². The van der Waals surface area contributed by atoms with E-state index in [4.69, 9.17) is 0 Å². The zero-order valence-electron chi connectivity index (χ0n) is 10.5. The van der Waals surface area contributed by atoms with Crippen molar-refractivity contribution in [3.8, 4) is 0 Å². The Hall–Kier alpha value is -0.980. The number of nitrogens with one attached hydrogen (secondary N) is 1. The zero-order chi connectivity index (χ0) is 13.8. The number of hydrogen-bond acceptors (Lipinski definition) is 4. The van der Waals surface area contributed by atoms with Gasteiger partial charge >= 0.3 is 0 Å². The van der Waals surface area contributed by atoms with Crippen molar-refractivity contribution >= 4 is 21.6 Å². The topological polar surface area (TPSA) is 75.4 Å². The summed E-state index contributed by atoms with van der Waals surface area (Å²) in [5.41, 5.74) is 0.798. The van der Waals surface area contributed by atoms with Crippen molar-refractivity contribution in [3.63, 3.8) is 0 Å². The van der Waals surface area contributed by atoms with E-state index in [1.54, 1.807) is 12.1 Å². The van der Waals surface area contributed by atoms with E-state index in [9.17, 15) is 15.2 Å². The van der Waals surface area contributed by atoms with Gasteiger partial charge in [-0.15, -0.1) is 0 Å². The molecular weight excluding hydrogens is 312 g/mol. The molecule has 1 aromatic carbocycles. The first-order valence-electron chi connectivity index (χ1n) is 6.40. The molecule has 6 heteroatoms. The van der Waals surface area contributed by atoms with Crippen LogP contribution >= 0.6 is 15.9 Å². The van der Waals surface area contributed by atoms with Gasteiger partial charge in [-0.05, 0) is 37.8 Å². The lowest BCUT2D eigenvalue weighted by molar-refractivity contribution is -0.385. The molecule has 2 unspecified atom stereocenters. The number of nitro benzene ring substituents is 1. The lowest BCUT2D eigenvalue weighted by Crippen LogP contribution is -2.35. The van der Waals surface area contributed by atoms with E-state index >= 15 is 0 Å². The molecule has 1 saturated carbocycles. The first kappa shape index (κ1) is 14.4. The number of nitro groups is 1. The number of benzene rings is 1. The molecular formula is C13H17BrN2O3. The van der Waals surface area contributed by atoms with Crippen LogP contribution < -0.4 is 5.32 Å². The van der Waals surface area contributed by atoms with E-state index in [2.05, 4.69) is 21.2 Å². The predicted octanol–water partition coefficient (Wildman–Crippen LogP) is 2.75. The average Bonchev–Trinajstić information content (AvgIpc) is 2.37. The Bertz CT molecular complexity index is 467. The van der Waals surface area contributed by atoms with Gasteiger partial charge in [0.05, 0.1) is 11.0 Å². The number of halogens is 1. The Morgan fingerprint density at radius 1 is 1.47 bits per heavy atom. The summed E-state index contributed by atoms with van der Waals surface area (Å²) in [5, 5.41) is 23.9. The van der Waals surface area contributed by atoms with Gasteiger partial charge in [-0.25, -0.2) is 0 Å². The summed E-state index contributed by atoms with van der Waals surface area (Å²) < 4.78 is 0.705. The van der Waals surface area contributed by atoms with E-state index in [-0.39, 0.29) is 22.8 Å². The quantitative estimate of drug-likeness (QED) is 0.658. The lowest BCUT2D eigenvalue weighted by Gasteiger charge is -2.26. The summed E-state index contributed by atoms with van der Waals surface area (Å²) in [5.74, 6) is 0. The number of hydrogen-bond donors (Lipinski definition) is 2. The van der Waals surface area contributed by atoms with Gasteiger partial charge < -0.3 is 10.4 Å². The molecule has 1 aromatic rings. The number of nitrogens with zero attached hydrogens (tertiary/aromatic N) is 1. The number of rotatable bonds is 4. The van der Waals surface area contributed by atoms with E-state index in [0.29, 0.717) is 16.6 Å². The van der Waals surface area contributed by atoms with Crippen LogP contribution in [0.4, 0.5) is 5.69 Å². The van der Waals surface area contributed by atoms with Crippen molar-refractivity contribution in [1.29, 1.82) is 0 Å². The Morgan fingerprint density at radius 3 is 2.95 bits per heavy atom. The van der Waals surface area contributed by atoms with Gasteiger partial charge in [-0.1, -0.05) is 15.9 Å². The average molecular weight is 329 g/mol. The summed E-state index contributed by atoms with van der Waals surface area (Å²) in [4.78, 5) is 10.6. The van der Waals surface area contributed by atoms with Crippen LogP contribution in [0.3, 0.4) is 0 Å². The van der Waals surface area contributed by atoms with Gasteiger partial charge in [0.15, 0.2) is 0 Å². The Labute approximate surface area is 120 Å². The van der Waals surface area contributed by atoms with Crippen LogP contribution in [-0.2, 0) is 6.54 Å². The highest BCUT2D eigenvalue weighted by molar-refractivity contribution is 9.10. The minimum atomic E-state index is -0.364. The van der Waals surface area contributed by atoms with Crippen molar-refractivity contribution in [3.05, 3.63) is 38.3 Å². The van der Waals surface area contributed by atoms with Crippen molar-refractivity contribution in [2.45, 2.75) is 44.4 Å². The molecule has 1 fully saturated rings. The Kier molecular flexibility index (Phi) is 4.90. The highest BCUT2D eigenvalue weighted by atomic mass is 79.9. The number of aliphatic hydroxyl groups excluding tert-OH is 1. The SMILES string of the molecule is O=[N+]([O-])c1cc(Br)ccc1CNC1CCCC(O)C1. The molecule has 1 aliphatic rings. The highest BCUT2D eigenvalue weighted by Gasteiger charge is 2.21. The second-order valence-electron chi connectivity index (χ2n) is 4.93. The van der Waals surface area contributed by atoms with Crippen LogP contribution in [0.1, 0.15) is 31.2 Å². The van der Waals surface area contributed by atoms with Crippen LogP contribution in [0.2, 0.25) is 0 Å². The molecule has 0 aromatic heterocycles. The van der Waals surface area contributed by atoms with E-state index < -0.39 is 0 Å². The molecule has 0 amide bonds.